The van der Waals surface area contributed by atoms with Gasteiger partial charge in [-0.25, -0.2) is 9.67 Å². The van der Waals surface area contributed by atoms with Gasteiger partial charge in [-0.1, -0.05) is 6.07 Å². The van der Waals surface area contributed by atoms with Gasteiger partial charge in [0.05, 0.1) is 12.6 Å². The summed E-state index contributed by atoms with van der Waals surface area (Å²) in [5, 5.41) is 4.58. The molecule has 0 spiro atoms. The summed E-state index contributed by atoms with van der Waals surface area (Å²) >= 11 is 0. The van der Waals surface area contributed by atoms with Crippen molar-refractivity contribution in [2.75, 3.05) is 6.54 Å². The Morgan fingerprint density at radius 1 is 1.29 bits per heavy atom. The van der Waals surface area contributed by atoms with E-state index in [0.717, 1.165) is 11.6 Å². The molecule has 7 nitrogen and oxygen atoms in total. The first-order valence-corrected chi connectivity index (χ1v) is 8.53. The van der Waals surface area contributed by atoms with Gasteiger partial charge >= 0.3 is 0 Å². The predicted octanol–water partition coefficient (Wildman–Crippen LogP) is 1.31. The van der Waals surface area contributed by atoms with Gasteiger partial charge < -0.3 is 9.47 Å². The SMILES string of the molecule is C[C@@H]1c2nc(C3CC3)nn2CCN1C(=O)CCn1ccccc1=O. The highest BCUT2D eigenvalue weighted by atomic mass is 16.2. The number of hydrogen-bond donors (Lipinski definition) is 0. The Labute approximate surface area is 139 Å². The van der Waals surface area contributed by atoms with Gasteiger partial charge in [-0.3, -0.25) is 9.59 Å². The molecule has 1 aliphatic carbocycles. The van der Waals surface area contributed by atoms with Gasteiger partial charge in [0.1, 0.15) is 5.82 Å². The molecule has 2 aromatic heterocycles. The fourth-order valence-corrected chi connectivity index (χ4v) is 3.24. The third-order valence-electron chi connectivity index (χ3n) is 4.84. The van der Waals surface area contributed by atoms with Crippen molar-refractivity contribution in [1.29, 1.82) is 0 Å². The molecule has 1 fully saturated rings. The van der Waals surface area contributed by atoms with Gasteiger partial charge in [0, 0.05) is 37.7 Å². The molecule has 24 heavy (non-hydrogen) atoms. The molecule has 0 radical (unpaired) electrons. The number of amides is 1. The molecule has 0 bridgehead atoms. The van der Waals surface area contributed by atoms with E-state index in [1.54, 1.807) is 22.9 Å². The molecular weight excluding hydrogens is 306 g/mol. The van der Waals surface area contributed by atoms with E-state index >= 15 is 0 Å². The smallest absolute Gasteiger partial charge is 0.250 e. The number of hydrogen-bond acceptors (Lipinski definition) is 4. The monoisotopic (exact) mass is 327 g/mol. The van der Waals surface area contributed by atoms with Crippen LogP contribution in [-0.4, -0.2) is 36.7 Å². The van der Waals surface area contributed by atoms with Crippen molar-refractivity contribution in [2.45, 2.75) is 51.2 Å². The first-order valence-electron chi connectivity index (χ1n) is 8.53. The van der Waals surface area contributed by atoms with Crippen molar-refractivity contribution in [3.63, 3.8) is 0 Å². The fourth-order valence-electron chi connectivity index (χ4n) is 3.24. The molecule has 1 saturated carbocycles. The zero-order valence-corrected chi connectivity index (χ0v) is 13.8. The quantitative estimate of drug-likeness (QED) is 0.849. The molecule has 0 unspecified atom stereocenters. The van der Waals surface area contributed by atoms with E-state index in [9.17, 15) is 9.59 Å². The Morgan fingerprint density at radius 3 is 2.88 bits per heavy atom. The lowest BCUT2D eigenvalue weighted by Gasteiger charge is -2.33. The van der Waals surface area contributed by atoms with Gasteiger partial charge in [0.25, 0.3) is 5.56 Å². The standard InChI is InChI=1S/C17H21N5O2/c1-12-17-18-16(13-5-6-13)19-22(17)11-10-21(12)15(24)7-9-20-8-3-2-4-14(20)23/h2-4,8,12-13H,5-7,9-11H2,1H3/t12-/m1/s1. The lowest BCUT2D eigenvalue weighted by atomic mass is 10.2. The maximum absolute atomic E-state index is 12.6. The number of carbonyl (C=O) groups excluding carboxylic acids is 1. The Kier molecular flexibility index (Phi) is 3.70. The number of pyridine rings is 1. The normalized spacial score (nSPS) is 20.0. The Balaban J connectivity index is 1.45. The van der Waals surface area contributed by atoms with Gasteiger partial charge in [0.15, 0.2) is 5.82 Å². The number of carbonyl (C=O) groups is 1. The second-order valence-electron chi connectivity index (χ2n) is 6.57. The summed E-state index contributed by atoms with van der Waals surface area (Å²) < 4.78 is 3.52. The minimum Gasteiger partial charge on any atom is -0.331 e. The van der Waals surface area contributed by atoms with Crippen LogP contribution in [0.3, 0.4) is 0 Å². The van der Waals surface area contributed by atoms with Crippen LogP contribution in [0.2, 0.25) is 0 Å². The maximum atomic E-state index is 12.6. The van der Waals surface area contributed by atoms with Crippen LogP contribution in [0, 0.1) is 0 Å². The number of aryl methyl sites for hydroxylation is 1. The van der Waals surface area contributed by atoms with Crippen molar-refractivity contribution < 1.29 is 4.79 Å². The Hall–Kier alpha value is -2.44. The fraction of sp³-hybridized carbons (Fsp3) is 0.529. The van der Waals surface area contributed by atoms with Crippen LogP contribution in [0.4, 0.5) is 0 Å². The van der Waals surface area contributed by atoms with E-state index in [1.807, 2.05) is 16.5 Å². The zero-order chi connectivity index (χ0) is 16.7. The summed E-state index contributed by atoms with van der Waals surface area (Å²) in [6.07, 6.45) is 4.38. The van der Waals surface area contributed by atoms with Crippen molar-refractivity contribution in [1.82, 2.24) is 24.2 Å². The van der Waals surface area contributed by atoms with Gasteiger partial charge in [-0.05, 0) is 25.8 Å². The summed E-state index contributed by atoms with van der Waals surface area (Å²) in [4.78, 5) is 30.9. The highest BCUT2D eigenvalue weighted by Gasteiger charge is 2.34. The van der Waals surface area contributed by atoms with E-state index < -0.39 is 0 Å². The van der Waals surface area contributed by atoms with Crippen molar-refractivity contribution in [3.8, 4) is 0 Å². The number of fused-ring (bicyclic) bond motifs is 1. The number of rotatable bonds is 4. The zero-order valence-electron chi connectivity index (χ0n) is 13.8. The molecule has 0 N–H and O–H groups in total. The molecule has 0 saturated heterocycles. The minimum absolute atomic E-state index is 0.0560. The highest BCUT2D eigenvalue weighted by Crippen LogP contribution is 2.39. The van der Waals surface area contributed by atoms with Gasteiger partial charge in [0.2, 0.25) is 5.91 Å². The molecule has 4 rings (SSSR count). The minimum atomic E-state index is -0.0780. The summed E-state index contributed by atoms with van der Waals surface area (Å²) in [6, 6.07) is 4.95. The van der Waals surface area contributed by atoms with E-state index in [0.29, 0.717) is 32.0 Å². The molecule has 7 heteroatoms. The predicted molar refractivity (Wildman–Crippen MR) is 87.4 cm³/mol. The first-order chi connectivity index (χ1) is 11.6. The third-order valence-corrected chi connectivity index (χ3v) is 4.84. The van der Waals surface area contributed by atoms with Crippen LogP contribution in [0.5, 0.6) is 0 Å². The molecule has 1 amide bonds. The largest absolute Gasteiger partial charge is 0.331 e. The van der Waals surface area contributed by atoms with Crippen molar-refractivity contribution in [3.05, 3.63) is 46.4 Å². The summed E-state index contributed by atoms with van der Waals surface area (Å²) in [5.74, 6) is 2.39. The summed E-state index contributed by atoms with van der Waals surface area (Å²) in [6.45, 7) is 3.74. The molecular formula is C17H21N5O2. The number of aromatic nitrogens is 4. The number of nitrogens with zero attached hydrogens (tertiary/aromatic N) is 5. The molecule has 0 aromatic carbocycles. The van der Waals surface area contributed by atoms with Crippen LogP contribution in [0.1, 0.15) is 49.8 Å². The lowest BCUT2D eigenvalue weighted by Crippen LogP contribution is -2.42. The second kappa shape index (κ2) is 5.89. The van der Waals surface area contributed by atoms with Gasteiger partial charge in [-0.15, -0.1) is 0 Å². The van der Waals surface area contributed by atoms with Gasteiger partial charge in [-0.2, -0.15) is 5.10 Å². The maximum Gasteiger partial charge on any atom is 0.250 e. The topological polar surface area (TPSA) is 73.0 Å². The van der Waals surface area contributed by atoms with Crippen LogP contribution in [0.25, 0.3) is 0 Å². The summed E-state index contributed by atoms with van der Waals surface area (Å²) in [5.41, 5.74) is -0.0780. The average molecular weight is 327 g/mol. The Morgan fingerprint density at radius 2 is 2.12 bits per heavy atom. The van der Waals surface area contributed by atoms with Crippen molar-refractivity contribution >= 4 is 5.91 Å². The van der Waals surface area contributed by atoms with Crippen LogP contribution >= 0.6 is 0 Å². The third kappa shape index (κ3) is 2.74. The average Bonchev–Trinajstić information content (AvgIpc) is 3.33. The molecule has 2 aromatic rings. The Bertz CT molecular complexity index is 820. The first kappa shape index (κ1) is 15.1. The van der Waals surface area contributed by atoms with E-state index in [-0.39, 0.29) is 17.5 Å². The highest BCUT2D eigenvalue weighted by molar-refractivity contribution is 5.76. The van der Waals surface area contributed by atoms with E-state index in [2.05, 4.69) is 10.1 Å². The van der Waals surface area contributed by atoms with E-state index in [4.69, 9.17) is 0 Å². The van der Waals surface area contributed by atoms with Crippen LogP contribution < -0.4 is 5.56 Å². The lowest BCUT2D eigenvalue weighted by molar-refractivity contribution is -0.134. The van der Waals surface area contributed by atoms with E-state index in [1.165, 1.54) is 18.9 Å². The van der Waals surface area contributed by atoms with Crippen LogP contribution in [-0.2, 0) is 17.9 Å². The molecule has 1 atom stereocenters. The molecule has 126 valence electrons. The second-order valence-corrected chi connectivity index (χ2v) is 6.57. The molecule has 1 aliphatic heterocycles. The van der Waals surface area contributed by atoms with Crippen molar-refractivity contribution in [2.24, 2.45) is 0 Å². The molecule has 3 heterocycles. The summed E-state index contributed by atoms with van der Waals surface area (Å²) in [7, 11) is 0. The van der Waals surface area contributed by atoms with Crippen LogP contribution in [0.15, 0.2) is 29.2 Å². The molecule has 2 aliphatic rings.